The monoisotopic (exact) mass is 910 g/mol. The van der Waals surface area contributed by atoms with Crippen LogP contribution >= 0.6 is 0 Å². The van der Waals surface area contributed by atoms with Crippen molar-refractivity contribution in [1.29, 1.82) is 0 Å². The van der Waals surface area contributed by atoms with Gasteiger partial charge < -0.3 is 14.5 Å². The molecule has 348 valence electrons. The largest absolute Gasteiger partial charge is 0.457 e. The predicted molar refractivity (Wildman–Crippen MR) is 288 cm³/mol. The number of fused-ring (bicyclic) bond motifs is 4. The number of para-hydroxylation sites is 3. The van der Waals surface area contributed by atoms with Crippen LogP contribution < -0.4 is 14.5 Å². The molecule has 0 aliphatic carbocycles. The molecule has 0 amide bonds. The van der Waals surface area contributed by atoms with Crippen molar-refractivity contribution >= 4 is 44.6 Å². The van der Waals surface area contributed by atoms with Crippen LogP contribution in [0, 0.1) is 5.82 Å². The number of rotatable bonds is 12. The lowest BCUT2D eigenvalue weighted by Gasteiger charge is -2.30. The van der Waals surface area contributed by atoms with E-state index >= 15 is 4.39 Å². The van der Waals surface area contributed by atoms with Crippen LogP contribution in [0.1, 0.15) is 127 Å². The first-order chi connectivity index (χ1) is 33.3. The van der Waals surface area contributed by atoms with E-state index in [1.165, 1.54) is 44.5 Å². The lowest BCUT2D eigenvalue weighted by molar-refractivity contribution is 0.483. The summed E-state index contributed by atoms with van der Waals surface area (Å²) in [6, 6.07) is 53.0. The summed E-state index contributed by atoms with van der Waals surface area (Å²) in [5.41, 5.74) is 17.0. The van der Waals surface area contributed by atoms with Gasteiger partial charge in [0.25, 0.3) is 0 Å². The highest BCUT2D eigenvalue weighted by Crippen LogP contribution is 2.51. The fourth-order valence-electron chi connectivity index (χ4n) is 10.5. The first-order valence-electron chi connectivity index (χ1n) is 24.8. The SMILES string of the molecule is CC(C)c1cc(C(C)C)c(-c2cc(Oc3ccc4c5ccccc5n(-c5ccccn5)c4c3)cc(N3CN(c4c(C(C)C)cc(-c5ccccc5F)cc4C(C)C)c4ccccc43)c2)c(C(C)C)c1. The molecule has 1 aliphatic rings. The van der Waals surface area contributed by atoms with Crippen molar-refractivity contribution in [1.82, 2.24) is 9.55 Å². The Hall–Kier alpha value is -7.18. The number of aromatic nitrogens is 2. The van der Waals surface area contributed by atoms with Gasteiger partial charge in [-0.15, -0.1) is 0 Å². The number of ether oxygens (including phenoxy) is 1. The van der Waals surface area contributed by atoms with Crippen molar-refractivity contribution in [2.45, 2.75) is 98.8 Å². The number of pyridine rings is 1. The number of halogens is 1. The van der Waals surface area contributed by atoms with Crippen LogP contribution in [0.5, 0.6) is 11.5 Å². The molecule has 0 fully saturated rings. The molecule has 7 aromatic carbocycles. The van der Waals surface area contributed by atoms with Crippen LogP contribution in [0.4, 0.5) is 27.1 Å². The molecule has 0 unspecified atom stereocenters. The topological polar surface area (TPSA) is 33.5 Å². The Labute approximate surface area is 407 Å². The molecule has 0 bridgehead atoms. The van der Waals surface area contributed by atoms with Gasteiger partial charge in [0.15, 0.2) is 0 Å². The zero-order chi connectivity index (χ0) is 48.2. The van der Waals surface area contributed by atoms with E-state index in [1.807, 2.05) is 30.5 Å². The Kier molecular flexibility index (Phi) is 12.1. The number of hydrogen-bond acceptors (Lipinski definition) is 4. The molecule has 0 spiro atoms. The summed E-state index contributed by atoms with van der Waals surface area (Å²) in [5.74, 6) is 3.50. The second-order valence-corrected chi connectivity index (χ2v) is 20.4. The van der Waals surface area contributed by atoms with E-state index in [1.54, 1.807) is 12.1 Å². The molecule has 0 N–H and O–H groups in total. The van der Waals surface area contributed by atoms with Gasteiger partial charge >= 0.3 is 0 Å². The van der Waals surface area contributed by atoms with Crippen molar-refractivity contribution in [3.8, 4) is 39.6 Å². The second kappa shape index (κ2) is 18.4. The summed E-state index contributed by atoms with van der Waals surface area (Å²) in [7, 11) is 0. The van der Waals surface area contributed by atoms with Crippen molar-refractivity contribution in [2.24, 2.45) is 0 Å². The third-order valence-electron chi connectivity index (χ3n) is 14.0. The Morgan fingerprint density at radius 3 is 1.74 bits per heavy atom. The highest BCUT2D eigenvalue weighted by Gasteiger charge is 2.33. The summed E-state index contributed by atoms with van der Waals surface area (Å²) in [6.45, 7) is 23.4. The highest BCUT2D eigenvalue weighted by molar-refractivity contribution is 6.09. The van der Waals surface area contributed by atoms with E-state index in [0.717, 1.165) is 61.9 Å². The predicted octanol–water partition coefficient (Wildman–Crippen LogP) is 18.3. The molecule has 1 aliphatic heterocycles. The number of hydrogen-bond donors (Lipinski definition) is 0. The average Bonchev–Trinajstić information content (AvgIpc) is 3.89. The molecule has 0 radical (unpaired) electrons. The molecule has 9 aromatic rings. The summed E-state index contributed by atoms with van der Waals surface area (Å²) >= 11 is 0. The molecule has 5 nitrogen and oxygen atoms in total. The van der Waals surface area contributed by atoms with E-state index in [2.05, 4.69) is 199 Å². The molecular formula is C63H63FN4O. The first kappa shape index (κ1) is 45.6. The maximum atomic E-state index is 15.5. The van der Waals surface area contributed by atoms with Gasteiger partial charge in [-0.05, 0) is 147 Å². The number of nitrogens with zero attached hydrogens (tertiary/aromatic N) is 4. The first-order valence-corrected chi connectivity index (χ1v) is 24.8. The lowest BCUT2D eigenvalue weighted by atomic mass is 9.81. The summed E-state index contributed by atoms with van der Waals surface area (Å²) < 4.78 is 24.9. The standard InChI is InChI=1S/C63H63FN4O/c1-38(2)43-31-52(39(3)4)62(53(32-43)40(5)6)45-29-46(35-48(30-45)69-47-26-27-51-50-20-12-14-22-57(50)68(60(51)36-47)61-25-17-18-28-65-61)66-37-67(59-24-16-15-23-58(59)66)63-54(41(7)8)33-44(34-55(63)42(9)10)49-19-11-13-21-56(49)64/h11-36,38-42H,37H2,1-10H3. The van der Waals surface area contributed by atoms with Gasteiger partial charge in [-0.1, -0.05) is 136 Å². The average molecular weight is 911 g/mol. The maximum absolute atomic E-state index is 15.5. The number of benzene rings is 7. The van der Waals surface area contributed by atoms with Crippen molar-refractivity contribution in [3.63, 3.8) is 0 Å². The third kappa shape index (κ3) is 8.34. The molecule has 0 saturated carbocycles. The van der Waals surface area contributed by atoms with Crippen LogP contribution in [0.15, 0.2) is 158 Å². The Morgan fingerprint density at radius 1 is 0.493 bits per heavy atom. The summed E-state index contributed by atoms with van der Waals surface area (Å²) in [4.78, 5) is 9.72. The Morgan fingerprint density at radius 2 is 1.10 bits per heavy atom. The van der Waals surface area contributed by atoms with Gasteiger partial charge in [-0.3, -0.25) is 4.57 Å². The molecule has 0 saturated heterocycles. The highest BCUT2D eigenvalue weighted by atomic mass is 19.1. The Bertz CT molecular complexity index is 3300. The molecule has 6 heteroatoms. The maximum Gasteiger partial charge on any atom is 0.137 e. The van der Waals surface area contributed by atoms with Gasteiger partial charge in [0.05, 0.1) is 22.4 Å². The number of anilines is 4. The van der Waals surface area contributed by atoms with Crippen LogP contribution in [-0.2, 0) is 0 Å². The Balaban J connectivity index is 1.17. The smallest absolute Gasteiger partial charge is 0.137 e. The van der Waals surface area contributed by atoms with E-state index < -0.39 is 0 Å². The minimum Gasteiger partial charge on any atom is -0.457 e. The van der Waals surface area contributed by atoms with Gasteiger partial charge in [-0.2, -0.15) is 0 Å². The molecule has 2 aromatic heterocycles. The molecule has 0 atom stereocenters. The third-order valence-corrected chi connectivity index (χ3v) is 14.0. The van der Waals surface area contributed by atoms with Crippen molar-refractivity contribution < 1.29 is 9.13 Å². The van der Waals surface area contributed by atoms with Gasteiger partial charge in [0.2, 0.25) is 0 Å². The lowest BCUT2D eigenvalue weighted by Crippen LogP contribution is -2.26. The van der Waals surface area contributed by atoms with E-state index in [0.29, 0.717) is 30.0 Å². The molecule has 69 heavy (non-hydrogen) atoms. The zero-order valence-corrected chi connectivity index (χ0v) is 41.7. The molecule has 3 heterocycles. The summed E-state index contributed by atoms with van der Waals surface area (Å²) in [6.07, 6.45) is 1.85. The van der Waals surface area contributed by atoms with E-state index in [9.17, 15) is 0 Å². The van der Waals surface area contributed by atoms with Crippen molar-refractivity contribution in [2.75, 3.05) is 16.5 Å². The fraction of sp³-hybridized carbons (Fsp3) is 0.254. The molecular weight excluding hydrogens is 848 g/mol. The van der Waals surface area contributed by atoms with Gasteiger partial charge in [0.1, 0.15) is 29.8 Å². The van der Waals surface area contributed by atoms with Crippen LogP contribution in [0.2, 0.25) is 0 Å². The minimum absolute atomic E-state index is 0.181. The second-order valence-electron chi connectivity index (χ2n) is 20.4. The van der Waals surface area contributed by atoms with Crippen molar-refractivity contribution in [3.05, 3.63) is 191 Å². The van der Waals surface area contributed by atoms with E-state index in [4.69, 9.17) is 9.72 Å². The van der Waals surface area contributed by atoms with Gasteiger partial charge in [0, 0.05) is 46.0 Å². The zero-order valence-electron chi connectivity index (χ0n) is 41.7. The fourth-order valence-corrected chi connectivity index (χ4v) is 10.5. The van der Waals surface area contributed by atoms with Crippen LogP contribution in [-0.4, -0.2) is 16.2 Å². The van der Waals surface area contributed by atoms with Crippen LogP contribution in [0.25, 0.3) is 49.9 Å². The van der Waals surface area contributed by atoms with E-state index in [-0.39, 0.29) is 17.7 Å². The minimum atomic E-state index is -0.208. The van der Waals surface area contributed by atoms with Gasteiger partial charge in [-0.25, -0.2) is 9.37 Å². The quantitative estimate of drug-likeness (QED) is 0.122. The molecule has 10 rings (SSSR count). The van der Waals surface area contributed by atoms with Crippen LogP contribution in [0.3, 0.4) is 0 Å². The summed E-state index contributed by atoms with van der Waals surface area (Å²) in [5, 5.41) is 2.31. The normalized spacial score (nSPS) is 12.8.